The minimum atomic E-state index is -0.802. The van der Waals surface area contributed by atoms with E-state index < -0.39 is 6.10 Å². The molecule has 1 atom stereocenters. The van der Waals surface area contributed by atoms with Crippen molar-refractivity contribution in [2.24, 2.45) is 0 Å². The van der Waals surface area contributed by atoms with E-state index in [-0.39, 0.29) is 31.1 Å². The number of unbranched alkanes of at least 4 members (excludes halogenated alkanes) is 23. The number of hydrogen-bond donors (Lipinski definition) is 0. The van der Waals surface area contributed by atoms with Crippen LogP contribution < -0.4 is 0 Å². The molecule has 0 radical (unpaired) electrons. The molecule has 0 aromatic rings. The van der Waals surface area contributed by atoms with Crippen LogP contribution in [0.15, 0.2) is 134 Å². The highest BCUT2D eigenvalue weighted by Crippen LogP contribution is 2.15. The highest BCUT2D eigenvalue weighted by atomic mass is 16.6. The van der Waals surface area contributed by atoms with Crippen LogP contribution in [0.3, 0.4) is 0 Å². The van der Waals surface area contributed by atoms with Crippen molar-refractivity contribution in [1.29, 1.82) is 0 Å². The summed E-state index contributed by atoms with van der Waals surface area (Å²) < 4.78 is 16.9. The van der Waals surface area contributed by atoms with Gasteiger partial charge in [-0.3, -0.25) is 14.4 Å². The first-order valence-electron chi connectivity index (χ1n) is 31.7. The van der Waals surface area contributed by atoms with Crippen LogP contribution in [0, 0.1) is 0 Å². The lowest BCUT2D eigenvalue weighted by Crippen LogP contribution is -2.30. The average Bonchev–Trinajstić information content (AvgIpc) is 3.43. The maximum absolute atomic E-state index is 12.9. The molecular formula is C71H116O6. The molecule has 0 fully saturated rings. The highest BCUT2D eigenvalue weighted by Gasteiger charge is 2.19. The Labute approximate surface area is 475 Å². The summed E-state index contributed by atoms with van der Waals surface area (Å²) >= 11 is 0. The molecule has 0 bridgehead atoms. The Morgan fingerprint density at radius 3 is 0.805 bits per heavy atom. The molecule has 0 spiro atoms. The molecule has 1 unspecified atom stereocenters. The topological polar surface area (TPSA) is 78.9 Å². The summed E-state index contributed by atoms with van der Waals surface area (Å²) in [7, 11) is 0. The van der Waals surface area contributed by atoms with Crippen LogP contribution >= 0.6 is 0 Å². The zero-order chi connectivity index (χ0) is 55.7. The van der Waals surface area contributed by atoms with Crippen LogP contribution in [-0.2, 0) is 28.6 Å². The fraction of sp³-hybridized carbons (Fsp3) is 0.648. The van der Waals surface area contributed by atoms with E-state index in [4.69, 9.17) is 14.2 Å². The second kappa shape index (κ2) is 64.1. The van der Waals surface area contributed by atoms with Crippen LogP contribution in [0.5, 0.6) is 0 Å². The molecule has 436 valence electrons. The van der Waals surface area contributed by atoms with Gasteiger partial charge in [0.1, 0.15) is 13.2 Å². The van der Waals surface area contributed by atoms with Gasteiger partial charge in [0.05, 0.1) is 0 Å². The van der Waals surface area contributed by atoms with Crippen molar-refractivity contribution >= 4 is 17.9 Å². The number of allylic oxidation sites excluding steroid dienone is 22. The molecule has 0 aliphatic rings. The third-order valence-corrected chi connectivity index (χ3v) is 13.1. The summed E-state index contributed by atoms with van der Waals surface area (Å²) in [4.78, 5) is 38.3. The zero-order valence-electron chi connectivity index (χ0n) is 49.9. The van der Waals surface area contributed by atoms with Crippen molar-refractivity contribution in [2.45, 2.75) is 284 Å². The van der Waals surface area contributed by atoms with Gasteiger partial charge in [-0.2, -0.15) is 0 Å². The predicted octanol–water partition coefficient (Wildman–Crippen LogP) is 21.8. The minimum absolute atomic E-state index is 0.0983. The summed E-state index contributed by atoms with van der Waals surface area (Å²) in [5.74, 6) is -0.936. The van der Waals surface area contributed by atoms with Crippen LogP contribution in [0.4, 0.5) is 0 Å². The third-order valence-electron chi connectivity index (χ3n) is 13.1. The predicted molar refractivity (Wildman–Crippen MR) is 334 cm³/mol. The fourth-order valence-corrected chi connectivity index (χ4v) is 8.43. The summed E-state index contributed by atoms with van der Waals surface area (Å²) in [5, 5.41) is 0. The average molecular weight is 1070 g/mol. The SMILES string of the molecule is CC/C=C\C/C=C\C/C=C\C/C=C\C/C=C\C/C=C\C/C=C\CCCCCCCC(=O)OCC(COC(=O)CCCCCCC/C=C\C/C=C\C/C=C\CC)OC(=O)CCCCCCCCC/C=C\CCCCCCCC. The van der Waals surface area contributed by atoms with Crippen molar-refractivity contribution in [3.8, 4) is 0 Å². The number of carbonyl (C=O) groups is 3. The first-order valence-corrected chi connectivity index (χ1v) is 31.7. The van der Waals surface area contributed by atoms with E-state index in [9.17, 15) is 14.4 Å². The van der Waals surface area contributed by atoms with Gasteiger partial charge in [-0.15, -0.1) is 0 Å². The normalized spacial score (nSPS) is 13.0. The van der Waals surface area contributed by atoms with Gasteiger partial charge < -0.3 is 14.2 Å². The lowest BCUT2D eigenvalue weighted by molar-refractivity contribution is -0.167. The monoisotopic (exact) mass is 1060 g/mol. The smallest absolute Gasteiger partial charge is 0.306 e. The van der Waals surface area contributed by atoms with E-state index in [2.05, 4.69) is 154 Å². The summed E-state index contributed by atoms with van der Waals surface area (Å²) in [6.45, 7) is 6.38. The van der Waals surface area contributed by atoms with Gasteiger partial charge in [0.25, 0.3) is 0 Å². The molecule has 6 nitrogen and oxygen atoms in total. The van der Waals surface area contributed by atoms with E-state index in [1.807, 2.05) is 0 Å². The highest BCUT2D eigenvalue weighted by molar-refractivity contribution is 5.71. The zero-order valence-corrected chi connectivity index (χ0v) is 49.9. The van der Waals surface area contributed by atoms with Crippen LogP contribution in [-0.4, -0.2) is 37.2 Å². The third kappa shape index (κ3) is 62.3. The molecule has 0 aromatic carbocycles. The van der Waals surface area contributed by atoms with Gasteiger partial charge in [-0.25, -0.2) is 0 Å². The van der Waals surface area contributed by atoms with E-state index in [1.54, 1.807) is 0 Å². The van der Waals surface area contributed by atoms with Crippen molar-refractivity contribution < 1.29 is 28.6 Å². The second-order valence-corrected chi connectivity index (χ2v) is 20.5. The van der Waals surface area contributed by atoms with Gasteiger partial charge >= 0.3 is 17.9 Å². The molecule has 0 N–H and O–H groups in total. The molecule has 0 aromatic heterocycles. The van der Waals surface area contributed by atoms with E-state index in [0.29, 0.717) is 19.3 Å². The maximum atomic E-state index is 12.9. The number of rotatable bonds is 56. The first kappa shape index (κ1) is 72.5. The fourth-order valence-electron chi connectivity index (χ4n) is 8.43. The van der Waals surface area contributed by atoms with E-state index in [0.717, 1.165) is 161 Å². The molecule has 0 saturated heterocycles. The molecule has 0 heterocycles. The molecule has 0 aliphatic carbocycles. The number of hydrogen-bond acceptors (Lipinski definition) is 6. The van der Waals surface area contributed by atoms with Gasteiger partial charge in [0.15, 0.2) is 6.10 Å². The largest absolute Gasteiger partial charge is 0.462 e. The molecule has 0 aliphatic heterocycles. The van der Waals surface area contributed by atoms with Crippen molar-refractivity contribution in [1.82, 2.24) is 0 Å². The standard InChI is InChI=1S/C71H116O6/c1-4-7-10-13-16-19-22-25-28-30-31-32-33-34-35-36-37-38-39-41-43-46-49-52-55-58-61-64-70(73)76-67-68(66-75-69(72)63-60-57-54-51-48-45-42-27-24-21-18-15-12-9-6-3)77-71(74)65-62-59-56-53-50-47-44-40-29-26-23-20-17-14-11-8-5-2/h7,9-10,12,16,18-19,21,25-29,31-32,34-35,37-38,41-43,68H,4-6,8,11,13-15,17,20,22-24,30,33,36,39-40,44-67H2,1-3H3/b10-7-,12-9-,19-16-,21-18-,28-25-,29-26-,32-31-,35-34-,38-37-,42-27-,43-41-. The van der Waals surface area contributed by atoms with Crippen molar-refractivity contribution in [3.05, 3.63) is 134 Å². The van der Waals surface area contributed by atoms with E-state index in [1.165, 1.54) is 77.0 Å². The Balaban J connectivity index is 4.43. The Morgan fingerprint density at radius 1 is 0.273 bits per heavy atom. The Bertz CT molecular complexity index is 1650. The molecule has 77 heavy (non-hydrogen) atoms. The summed E-state index contributed by atoms with van der Waals surface area (Å²) in [6, 6.07) is 0. The molecule has 0 amide bonds. The molecule has 6 heteroatoms. The maximum Gasteiger partial charge on any atom is 0.306 e. The Kier molecular flexibility index (Phi) is 60.4. The molecule has 0 saturated carbocycles. The minimum Gasteiger partial charge on any atom is -0.462 e. The van der Waals surface area contributed by atoms with Crippen LogP contribution in [0.1, 0.15) is 278 Å². The lowest BCUT2D eigenvalue weighted by atomic mass is 10.1. The number of carbonyl (C=O) groups excluding carboxylic acids is 3. The lowest BCUT2D eigenvalue weighted by Gasteiger charge is -2.18. The summed E-state index contributed by atoms with van der Waals surface area (Å²) in [6.07, 6.45) is 90.2. The second-order valence-electron chi connectivity index (χ2n) is 20.5. The number of esters is 3. The van der Waals surface area contributed by atoms with Crippen molar-refractivity contribution in [2.75, 3.05) is 13.2 Å². The first-order chi connectivity index (χ1) is 38.0. The van der Waals surface area contributed by atoms with Gasteiger partial charge in [0.2, 0.25) is 0 Å². The number of ether oxygens (including phenoxy) is 3. The molecule has 0 rings (SSSR count). The molecular weight excluding hydrogens is 949 g/mol. The van der Waals surface area contributed by atoms with Crippen LogP contribution in [0.25, 0.3) is 0 Å². The van der Waals surface area contributed by atoms with Gasteiger partial charge in [-0.05, 0) is 135 Å². The van der Waals surface area contributed by atoms with E-state index >= 15 is 0 Å². The van der Waals surface area contributed by atoms with Crippen LogP contribution in [0.2, 0.25) is 0 Å². The quantitative estimate of drug-likeness (QED) is 0.0261. The van der Waals surface area contributed by atoms with Gasteiger partial charge in [0, 0.05) is 19.3 Å². The van der Waals surface area contributed by atoms with Crippen molar-refractivity contribution in [3.63, 3.8) is 0 Å². The van der Waals surface area contributed by atoms with Gasteiger partial charge in [-0.1, -0.05) is 257 Å². The Morgan fingerprint density at radius 2 is 0.506 bits per heavy atom. The summed E-state index contributed by atoms with van der Waals surface area (Å²) in [5.41, 5.74) is 0. The Hall–Kier alpha value is -4.45.